The van der Waals surface area contributed by atoms with Crippen molar-refractivity contribution in [3.63, 3.8) is 0 Å². The van der Waals surface area contributed by atoms with Crippen LogP contribution in [-0.2, 0) is 14.8 Å². The van der Waals surface area contributed by atoms with Crippen molar-refractivity contribution in [1.82, 2.24) is 14.5 Å². The van der Waals surface area contributed by atoms with E-state index >= 15 is 0 Å². The maximum atomic E-state index is 12.4. The van der Waals surface area contributed by atoms with Gasteiger partial charge in [-0.1, -0.05) is 0 Å². The van der Waals surface area contributed by atoms with Crippen molar-refractivity contribution in [1.29, 1.82) is 0 Å². The molecule has 6 nitrogen and oxygen atoms in total. The van der Waals surface area contributed by atoms with Crippen molar-refractivity contribution in [3.8, 4) is 0 Å². The Morgan fingerprint density at radius 1 is 1.11 bits per heavy atom. The summed E-state index contributed by atoms with van der Waals surface area (Å²) in [4.78, 5) is 2.23. The van der Waals surface area contributed by atoms with Crippen molar-refractivity contribution < 1.29 is 13.2 Å². The van der Waals surface area contributed by atoms with E-state index < -0.39 is 10.0 Å². The monoisotopic (exact) mass is 289 g/mol. The van der Waals surface area contributed by atoms with Crippen LogP contribution >= 0.6 is 0 Å². The molecule has 0 saturated carbocycles. The number of ether oxygens (including phenoxy) is 1. The summed E-state index contributed by atoms with van der Waals surface area (Å²) in [5, 5.41) is 3.28. The molecule has 0 amide bonds. The fourth-order valence-electron chi connectivity index (χ4n) is 3.11. The Labute approximate surface area is 115 Å². The van der Waals surface area contributed by atoms with Crippen LogP contribution in [0.5, 0.6) is 0 Å². The number of morpholine rings is 1. The Hall–Kier alpha value is -0.210. The van der Waals surface area contributed by atoms with Crippen LogP contribution in [0.4, 0.5) is 0 Å². The van der Waals surface area contributed by atoms with E-state index in [0.717, 1.165) is 39.0 Å². The molecule has 3 rings (SSSR count). The summed E-state index contributed by atoms with van der Waals surface area (Å²) in [5.74, 6) is 0.242. The molecule has 3 aliphatic rings. The van der Waals surface area contributed by atoms with Crippen LogP contribution in [0.25, 0.3) is 0 Å². The third-order valence-electron chi connectivity index (χ3n) is 4.28. The standard InChI is InChI=1S/C12H23N3O3S/c16-19(17,8-7-14-5-3-13-4-6-14)15-9-11-1-2-12(10-15)18-11/h11-13H,1-10H2. The summed E-state index contributed by atoms with van der Waals surface area (Å²) in [6.07, 6.45) is 2.28. The fraction of sp³-hybridized carbons (Fsp3) is 1.00. The van der Waals surface area contributed by atoms with Crippen LogP contribution in [0.3, 0.4) is 0 Å². The number of rotatable bonds is 4. The minimum absolute atomic E-state index is 0.132. The minimum atomic E-state index is -3.12. The van der Waals surface area contributed by atoms with E-state index in [1.807, 2.05) is 0 Å². The SMILES string of the molecule is O=S(=O)(CCN1CCNCC1)N1CC2CCC(C1)O2. The summed E-state index contributed by atoms with van der Waals surface area (Å²) >= 11 is 0. The smallest absolute Gasteiger partial charge is 0.215 e. The van der Waals surface area contributed by atoms with Crippen LogP contribution in [0, 0.1) is 0 Å². The van der Waals surface area contributed by atoms with E-state index in [0.29, 0.717) is 19.6 Å². The van der Waals surface area contributed by atoms with E-state index in [9.17, 15) is 8.42 Å². The van der Waals surface area contributed by atoms with E-state index in [2.05, 4.69) is 10.2 Å². The largest absolute Gasteiger partial charge is 0.372 e. The maximum absolute atomic E-state index is 12.4. The average Bonchev–Trinajstić information content (AvgIpc) is 2.76. The highest BCUT2D eigenvalue weighted by atomic mass is 32.2. The molecule has 0 aromatic carbocycles. The van der Waals surface area contributed by atoms with Crippen molar-refractivity contribution in [3.05, 3.63) is 0 Å². The highest BCUT2D eigenvalue weighted by Crippen LogP contribution is 2.27. The van der Waals surface area contributed by atoms with Gasteiger partial charge in [0.2, 0.25) is 10.0 Å². The lowest BCUT2D eigenvalue weighted by molar-refractivity contribution is -0.0115. The second kappa shape index (κ2) is 5.65. The van der Waals surface area contributed by atoms with Gasteiger partial charge in [-0.2, -0.15) is 4.31 Å². The Bertz CT molecular complexity index is 396. The molecule has 0 spiro atoms. The second-order valence-corrected chi connectivity index (χ2v) is 7.77. The summed E-state index contributed by atoms with van der Waals surface area (Å²) < 4.78 is 32.1. The molecule has 2 bridgehead atoms. The highest BCUT2D eigenvalue weighted by molar-refractivity contribution is 7.89. The fourth-order valence-corrected chi connectivity index (χ4v) is 4.65. The van der Waals surface area contributed by atoms with Gasteiger partial charge in [0.05, 0.1) is 18.0 Å². The van der Waals surface area contributed by atoms with Gasteiger partial charge in [0.15, 0.2) is 0 Å². The number of nitrogens with one attached hydrogen (secondary N) is 1. The lowest BCUT2D eigenvalue weighted by atomic mass is 10.2. The van der Waals surface area contributed by atoms with Crippen molar-refractivity contribution in [2.75, 3.05) is 51.6 Å². The van der Waals surface area contributed by atoms with Crippen LogP contribution < -0.4 is 5.32 Å². The highest BCUT2D eigenvalue weighted by Gasteiger charge is 2.38. The normalized spacial score (nSPS) is 33.7. The third kappa shape index (κ3) is 3.28. The van der Waals surface area contributed by atoms with Gasteiger partial charge < -0.3 is 10.1 Å². The average molecular weight is 289 g/mol. The second-order valence-electron chi connectivity index (χ2n) is 5.68. The molecule has 3 saturated heterocycles. The number of sulfonamides is 1. The zero-order valence-electron chi connectivity index (χ0n) is 11.3. The van der Waals surface area contributed by atoms with Gasteiger partial charge in [-0.15, -0.1) is 0 Å². The van der Waals surface area contributed by atoms with E-state index in [4.69, 9.17) is 4.74 Å². The zero-order chi connectivity index (χ0) is 13.3. The van der Waals surface area contributed by atoms with Crippen LogP contribution in [0.2, 0.25) is 0 Å². The Balaban J connectivity index is 1.53. The molecule has 0 radical (unpaired) electrons. The first kappa shape index (κ1) is 13.8. The molecule has 7 heteroatoms. The Morgan fingerprint density at radius 2 is 1.74 bits per heavy atom. The summed E-state index contributed by atoms with van der Waals surface area (Å²) in [7, 11) is -3.12. The molecule has 110 valence electrons. The first-order valence-electron chi connectivity index (χ1n) is 7.20. The van der Waals surface area contributed by atoms with Crippen LogP contribution in [0.15, 0.2) is 0 Å². The summed E-state index contributed by atoms with van der Waals surface area (Å²) in [6.45, 7) is 5.58. The number of fused-ring (bicyclic) bond motifs is 2. The van der Waals surface area contributed by atoms with Gasteiger partial charge in [0.25, 0.3) is 0 Å². The van der Waals surface area contributed by atoms with Crippen molar-refractivity contribution >= 4 is 10.0 Å². The van der Waals surface area contributed by atoms with Gasteiger partial charge in [-0.05, 0) is 12.8 Å². The minimum Gasteiger partial charge on any atom is -0.372 e. The topological polar surface area (TPSA) is 61.9 Å². The van der Waals surface area contributed by atoms with Gasteiger partial charge >= 0.3 is 0 Å². The molecule has 0 aliphatic carbocycles. The molecule has 1 N–H and O–H groups in total. The molecule has 2 atom stereocenters. The lowest BCUT2D eigenvalue weighted by Crippen LogP contribution is -2.49. The Kier molecular flexibility index (Phi) is 4.09. The third-order valence-corrected chi connectivity index (χ3v) is 6.06. The van der Waals surface area contributed by atoms with Crippen molar-refractivity contribution in [2.45, 2.75) is 25.0 Å². The summed E-state index contributed by atoms with van der Waals surface area (Å²) in [6, 6.07) is 0. The number of hydrogen-bond donors (Lipinski definition) is 1. The number of piperazine rings is 1. The Morgan fingerprint density at radius 3 is 2.37 bits per heavy atom. The predicted octanol–water partition coefficient (Wildman–Crippen LogP) is -0.915. The molecule has 3 aliphatic heterocycles. The van der Waals surface area contributed by atoms with Crippen LogP contribution in [-0.4, -0.2) is 81.4 Å². The van der Waals surface area contributed by atoms with Gasteiger partial charge in [-0.25, -0.2) is 8.42 Å². The quantitative estimate of drug-likeness (QED) is 0.726. The molecular formula is C12H23N3O3S. The molecule has 3 heterocycles. The zero-order valence-corrected chi connectivity index (χ0v) is 12.1. The molecule has 0 aromatic heterocycles. The lowest BCUT2D eigenvalue weighted by Gasteiger charge is -2.32. The summed E-state index contributed by atoms with van der Waals surface area (Å²) in [5.41, 5.74) is 0. The van der Waals surface area contributed by atoms with E-state index in [-0.39, 0.29) is 18.0 Å². The van der Waals surface area contributed by atoms with Crippen LogP contribution in [0.1, 0.15) is 12.8 Å². The van der Waals surface area contributed by atoms with Gasteiger partial charge in [-0.3, -0.25) is 4.90 Å². The van der Waals surface area contributed by atoms with E-state index in [1.54, 1.807) is 4.31 Å². The first-order valence-corrected chi connectivity index (χ1v) is 8.81. The van der Waals surface area contributed by atoms with Crippen molar-refractivity contribution in [2.24, 2.45) is 0 Å². The molecule has 2 unspecified atom stereocenters. The number of hydrogen-bond acceptors (Lipinski definition) is 5. The van der Waals surface area contributed by atoms with Gasteiger partial charge in [0, 0.05) is 45.8 Å². The predicted molar refractivity (Wildman–Crippen MR) is 72.6 cm³/mol. The molecule has 19 heavy (non-hydrogen) atoms. The maximum Gasteiger partial charge on any atom is 0.215 e. The first-order chi connectivity index (χ1) is 9.13. The molecule has 3 fully saturated rings. The molecule has 0 aromatic rings. The van der Waals surface area contributed by atoms with E-state index in [1.165, 1.54) is 0 Å². The molecular weight excluding hydrogens is 266 g/mol. The van der Waals surface area contributed by atoms with Gasteiger partial charge in [0.1, 0.15) is 0 Å². The number of nitrogens with zero attached hydrogens (tertiary/aromatic N) is 2.